The minimum atomic E-state index is -0.318. The summed E-state index contributed by atoms with van der Waals surface area (Å²) in [6, 6.07) is 8.17. The standard InChI is InChI=1S/C21H20FN5O3/c1-27-15-7-6-13(22)9-14(15)17-18(27)21(24-11-23-17)26-25-10-12-5-8-16(28-2)20(30-4)19(12)29-3/h5-11H,1-4H3,(H,23,24,26). The summed E-state index contributed by atoms with van der Waals surface area (Å²) in [6.45, 7) is 0. The summed E-state index contributed by atoms with van der Waals surface area (Å²) in [5.41, 5.74) is 5.84. The number of fused-ring (bicyclic) bond motifs is 3. The van der Waals surface area contributed by atoms with Gasteiger partial charge >= 0.3 is 0 Å². The molecule has 0 unspecified atom stereocenters. The number of aromatic nitrogens is 3. The van der Waals surface area contributed by atoms with Gasteiger partial charge in [0.25, 0.3) is 0 Å². The summed E-state index contributed by atoms with van der Waals surface area (Å²) in [7, 11) is 6.52. The Morgan fingerprint density at radius 1 is 1.03 bits per heavy atom. The van der Waals surface area contributed by atoms with Crippen LogP contribution in [-0.4, -0.2) is 42.1 Å². The van der Waals surface area contributed by atoms with Gasteiger partial charge in [0.2, 0.25) is 5.75 Å². The maximum atomic E-state index is 13.7. The Labute approximate surface area is 171 Å². The molecule has 9 heteroatoms. The molecule has 30 heavy (non-hydrogen) atoms. The summed E-state index contributed by atoms with van der Waals surface area (Å²) in [6.07, 6.45) is 3.01. The van der Waals surface area contributed by atoms with E-state index in [0.717, 1.165) is 11.0 Å². The molecule has 0 atom stereocenters. The van der Waals surface area contributed by atoms with Crippen LogP contribution in [0.1, 0.15) is 5.56 Å². The van der Waals surface area contributed by atoms with Crippen LogP contribution in [0.4, 0.5) is 10.2 Å². The molecule has 8 nitrogen and oxygen atoms in total. The normalized spacial score (nSPS) is 11.4. The first-order valence-electron chi connectivity index (χ1n) is 9.05. The zero-order chi connectivity index (χ0) is 21.3. The van der Waals surface area contributed by atoms with E-state index in [1.807, 2.05) is 11.6 Å². The van der Waals surface area contributed by atoms with Crippen LogP contribution in [0, 0.1) is 5.82 Å². The molecule has 0 aliphatic heterocycles. The van der Waals surface area contributed by atoms with Gasteiger partial charge in [-0.2, -0.15) is 5.10 Å². The zero-order valence-electron chi connectivity index (χ0n) is 16.9. The zero-order valence-corrected chi connectivity index (χ0v) is 16.9. The van der Waals surface area contributed by atoms with Crippen molar-refractivity contribution >= 4 is 34.0 Å². The van der Waals surface area contributed by atoms with Gasteiger partial charge in [0, 0.05) is 18.0 Å². The number of nitrogens with one attached hydrogen (secondary N) is 1. The molecular weight excluding hydrogens is 389 g/mol. The smallest absolute Gasteiger partial charge is 0.203 e. The predicted molar refractivity (Wildman–Crippen MR) is 113 cm³/mol. The van der Waals surface area contributed by atoms with Gasteiger partial charge in [-0.1, -0.05) is 0 Å². The topological polar surface area (TPSA) is 82.8 Å². The highest BCUT2D eigenvalue weighted by molar-refractivity contribution is 6.08. The second-order valence-corrected chi connectivity index (χ2v) is 6.43. The van der Waals surface area contributed by atoms with Crippen LogP contribution < -0.4 is 19.6 Å². The summed E-state index contributed by atoms with van der Waals surface area (Å²) in [4.78, 5) is 8.62. The van der Waals surface area contributed by atoms with Crippen LogP contribution in [0.15, 0.2) is 41.8 Å². The lowest BCUT2D eigenvalue weighted by molar-refractivity contribution is 0.324. The van der Waals surface area contributed by atoms with Gasteiger partial charge < -0.3 is 18.8 Å². The number of benzene rings is 2. The first-order valence-corrected chi connectivity index (χ1v) is 9.05. The van der Waals surface area contributed by atoms with Crippen molar-refractivity contribution in [1.82, 2.24) is 14.5 Å². The number of nitrogens with zero attached hydrogens (tertiary/aromatic N) is 4. The summed E-state index contributed by atoms with van der Waals surface area (Å²) >= 11 is 0. The lowest BCUT2D eigenvalue weighted by Crippen LogP contribution is -2.01. The highest BCUT2D eigenvalue weighted by atomic mass is 19.1. The van der Waals surface area contributed by atoms with Crippen molar-refractivity contribution in [3.8, 4) is 17.2 Å². The van der Waals surface area contributed by atoms with E-state index in [-0.39, 0.29) is 5.82 Å². The first-order chi connectivity index (χ1) is 14.6. The molecule has 4 aromatic rings. The highest BCUT2D eigenvalue weighted by Crippen LogP contribution is 2.39. The van der Waals surface area contributed by atoms with Gasteiger partial charge in [0.1, 0.15) is 23.2 Å². The fraction of sp³-hybridized carbons (Fsp3) is 0.190. The maximum absolute atomic E-state index is 13.7. The molecule has 0 fully saturated rings. The summed E-state index contributed by atoms with van der Waals surface area (Å²) < 4.78 is 31.8. The fourth-order valence-corrected chi connectivity index (χ4v) is 3.48. The number of hydrogen-bond acceptors (Lipinski definition) is 7. The number of rotatable bonds is 6. The minimum absolute atomic E-state index is 0.318. The molecule has 0 aliphatic rings. The van der Waals surface area contributed by atoms with E-state index in [1.165, 1.54) is 18.5 Å². The van der Waals surface area contributed by atoms with E-state index in [2.05, 4.69) is 20.5 Å². The Hall–Kier alpha value is -3.88. The van der Waals surface area contributed by atoms with Crippen LogP contribution in [0.3, 0.4) is 0 Å². The number of aryl methyl sites for hydroxylation is 1. The molecule has 0 saturated heterocycles. The van der Waals surface area contributed by atoms with Crippen LogP contribution in [-0.2, 0) is 7.05 Å². The number of hydrogen-bond donors (Lipinski definition) is 1. The van der Waals surface area contributed by atoms with Crippen molar-refractivity contribution in [3.63, 3.8) is 0 Å². The van der Waals surface area contributed by atoms with Crippen molar-refractivity contribution in [1.29, 1.82) is 0 Å². The lowest BCUT2D eigenvalue weighted by atomic mass is 10.2. The van der Waals surface area contributed by atoms with Gasteiger partial charge in [-0.3, -0.25) is 5.43 Å². The molecular formula is C21H20FN5O3. The van der Waals surface area contributed by atoms with Crippen molar-refractivity contribution in [2.24, 2.45) is 12.1 Å². The molecule has 4 rings (SSSR count). The lowest BCUT2D eigenvalue weighted by Gasteiger charge is -2.13. The van der Waals surface area contributed by atoms with E-state index in [1.54, 1.807) is 45.7 Å². The summed E-state index contributed by atoms with van der Waals surface area (Å²) in [5, 5.41) is 5.01. The van der Waals surface area contributed by atoms with Crippen LogP contribution in [0.5, 0.6) is 17.2 Å². The van der Waals surface area contributed by atoms with Crippen LogP contribution >= 0.6 is 0 Å². The number of anilines is 1. The second-order valence-electron chi connectivity index (χ2n) is 6.43. The van der Waals surface area contributed by atoms with Crippen LogP contribution in [0.2, 0.25) is 0 Å². The van der Waals surface area contributed by atoms with E-state index < -0.39 is 0 Å². The van der Waals surface area contributed by atoms with E-state index in [0.29, 0.717) is 39.5 Å². The molecule has 2 aromatic carbocycles. The Balaban J connectivity index is 1.73. The molecule has 0 radical (unpaired) electrons. The molecule has 2 aromatic heterocycles. The molecule has 154 valence electrons. The second kappa shape index (κ2) is 7.86. The third-order valence-corrected chi connectivity index (χ3v) is 4.84. The van der Waals surface area contributed by atoms with Crippen LogP contribution in [0.25, 0.3) is 21.9 Å². The predicted octanol–water partition coefficient (Wildman–Crippen LogP) is 3.73. The van der Waals surface area contributed by atoms with Crippen molar-refractivity contribution in [2.45, 2.75) is 0 Å². The Bertz CT molecular complexity index is 1270. The van der Waals surface area contributed by atoms with Gasteiger partial charge in [0.15, 0.2) is 17.3 Å². The molecule has 0 aliphatic carbocycles. The number of halogens is 1. The average molecular weight is 409 g/mol. The maximum Gasteiger partial charge on any atom is 0.203 e. The van der Waals surface area contributed by atoms with Gasteiger partial charge in [0.05, 0.1) is 33.1 Å². The third-order valence-electron chi connectivity index (χ3n) is 4.84. The Morgan fingerprint density at radius 2 is 1.83 bits per heavy atom. The van der Waals surface area contributed by atoms with E-state index in [4.69, 9.17) is 14.2 Å². The molecule has 0 saturated carbocycles. The fourth-order valence-electron chi connectivity index (χ4n) is 3.48. The van der Waals surface area contributed by atoms with E-state index in [9.17, 15) is 4.39 Å². The molecule has 0 amide bonds. The minimum Gasteiger partial charge on any atom is -0.493 e. The van der Waals surface area contributed by atoms with Crippen molar-refractivity contribution < 1.29 is 18.6 Å². The van der Waals surface area contributed by atoms with Crippen molar-refractivity contribution in [3.05, 3.63) is 48.0 Å². The average Bonchev–Trinajstić information content (AvgIpc) is 3.05. The number of ether oxygens (including phenoxy) is 3. The molecule has 0 spiro atoms. The number of methoxy groups -OCH3 is 3. The third kappa shape index (κ3) is 3.14. The quantitative estimate of drug-likeness (QED) is 0.386. The Kier molecular flexibility index (Phi) is 5.09. The van der Waals surface area contributed by atoms with Gasteiger partial charge in [-0.25, -0.2) is 14.4 Å². The first kappa shape index (κ1) is 19.4. The molecule has 0 bridgehead atoms. The van der Waals surface area contributed by atoms with E-state index >= 15 is 0 Å². The molecule has 1 N–H and O–H groups in total. The summed E-state index contributed by atoms with van der Waals surface area (Å²) in [5.74, 6) is 1.70. The van der Waals surface area contributed by atoms with Crippen molar-refractivity contribution in [2.75, 3.05) is 26.8 Å². The van der Waals surface area contributed by atoms with Gasteiger partial charge in [-0.15, -0.1) is 0 Å². The molecule has 2 heterocycles. The Morgan fingerprint density at radius 3 is 2.57 bits per heavy atom. The number of hydrazone groups is 1. The highest BCUT2D eigenvalue weighted by Gasteiger charge is 2.16. The SMILES string of the molecule is COc1ccc(C=NNc2ncnc3c4cc(F)ccc4n(C)c23)c(OC)c1OC. The monoisotopic (exact) mass is 409 g/mol. The van der Waals surface area contributed by atoms with Gasteiger partial charge in [-0.05, 0) is 30.3 Å². The largest absolute Gasteiger partial charge is 0.493 e.